The van der Waals surface area contributed by atoms with Crippen molar-refractivity contribution in [2.45, 2.75) is 32.2 Å². The predicted octanol–water partition coefficient (Wildman–Crippen LogP) is 3.65. The number of aromatic nitrogens is 3. The molecule has 1 amide bonds. The normalized spacial score (nSPS) is 13.7. The Labute approximate surface area is 156 Å². The molecule has 1 aliphatic rings. The van der Waals surface area contributed by atoms with Crippen molar-refractivity contribution < 1.29 is 9.18 Å². The number of amides is 1. The van der Waals surface area contributed by atoms with Crippen LogP contribution >= 0.6 is 0 Å². The molecule has 4 rings (SSSR count). The third-order valence-electron chi connectivity index (χ3n) is 4.79. The van der Waals surface area contributed by atoms with Crippen LogP contribution in [0.25, 0.3) is 11.4 Å². The summed E-state index contributed by atoms with van der Waals surface area (Å²) in [5.74, 6) is 0.678. The van der Waals surface area contributed by atoms with E-state index in [-0.39, 0.29) is 5.69 Å². The first kappa shape index (κ1) is 17.2. The Morgan fingerprint density at radius 3 is 2.81 bits per heavy atom. The average molecular weight is 365 g/mol. The van der Waals surface area contributed by atoms with Gasteiger partial charge in [0.1, 0.15) is 11.6 Å². The second kappa shape index (κ2) is 7.19. The summed E-state index contributed by atoms with van der Waals surface area (Å²) in [5, 5.41) is 11.2. The lowest BCUT2D eigenvalue weighted by Gasteiger charge is -2.11. The number of nitrogen functional groups attached to an aromatic ring is 1. The third-order valence-corrected chi connectivity index (χ3v) is 4.79. The predicted molar refractivity (Wildman–Crippen MR) is 102 cm³/mol. The van der Waals surface area contributed by atoms with E-state index >= 15 is 0 Å². The number of hydrogen-bond acceptors (Lipinski definition) is 4. The maximum atomic E-state index is 14.3. The van der Waals surface area contributed by atoms with E-state index in [2.05, 4.69) is 20.1 Å². The van der Waals surface area contributed by atoms with Gasteiger partial charge in [-0.3, -0.25) is 4.79 Å². The summed E-state index contributed by atoms with van der Waals surface area (Å²) in [4.78, 5) is 12.5. The highest BCUT2D eigenvalue weighted by molar-refractivity contribution is 6.07. The number of halogens is 1. The number of nitrogens with two attached hydrogens (primary N) is 1. The minimum absolute atomic E-state index is 0.0896. The van der Waals surface area contributed by atoms with Crippen LogP contribution in [-0.2, 0) is 13.0 Å². The maximum Gasteiger partial charge on any atom is 0.257 e. The van der Waals surface area contributed by atoms with Gasteiger partial charge < -0.3 is 15.6 Å². The highest BCUT2D eigenvalue weighted by Gasteiger charge is 2.18. The lowest BCUT2D eigenvalue weighted by molar-refractivity contribution is 0.102. The van der Waals surface area contributed by atoms with Gasteiger partial charge in [0.25, 0.3) is 5.91 Å². The van der Waals surface area contributed by atoms with Crippen molar-refractivity contribution in [3.8, 4) is 11.4 Å². The van der Waals surface area contributed by atoms with Crippen molar-refractivity contribution >= 4 is 17.3 Å². The van der Waals surface area contributed by atoms with Gasteiger partial charge in [-0.1, -0.05) is 18.6 Å². The van der Waals surface area contributed by atoms with Crippen LogP contribution in [0.1, 0.15) is 35.4 Å². The van der Waals surface area contributed by atoms with E-state index < -0.39 is 11.7 Å². The molecule has 6 nitrogen and oxygen atoms in total. The van der Waals surface area contributed by atoms with E-state index in [1.807, 2.05) is 0 Å². The van der Waals surface area contributed by atoms with Gasteiger partial charge in [-0.2, -0.15) is 0 Å². The molecular weight excluding hydrogens is 345 g/mol. The molecule has 7 heteroatoms. The van der Waals surface area contributed by atoms with Gasteiger partial charge in [-0.05, 0) is 43.2 Å². The maximum absolute atomic E-state index is 14.3. The minimum Gasteiger partial charge on any atom is -0.398 e. The summed E-state index contributed by atoms with van der Waals surface area (Å²) in [5.41, 5.74) is 7.29. The molecular formula is C20H20FN5O. The monoisotopic (exact) mass is 365 g/mol. The zero-order chi connectivity index (χ0) is 18.8. The number of hydrogen-bond donors (Lipinski definition) is 2. The zero-order valence-corrected chi connectivity index (χ0v) is 14.8. The molecule has 0 saturated carbocycles. The number of nitrogens with zero attached hydrogens (tertiary/aromatic N) is 3. The van der Waals surface area contributed by atoms with E-state index in [0.717, 1.165) is 38.1 Å². The van der Waals surface area contributed by atoms with Gasteiger partial charge in [0, 0.05) is 24.2 Å². The molecule has 0 fully saturated rings. The largest absolute Gasteiger partial charge is 0.398 e. The number of nitrogens with one attached hydrogen (secondary N) is 1. The van der Waals surface area contributed by atoms with Gasteiger partial charge in [0.15, 0.2) is 5.82 Å². The molecule has 0 unspecified atom stereocenters. The molecule has 3 N–H and O–H groups in total. The molecule has 0 bridgehead atoms. The van der Waals surface area contributed by atoms with Crippen LogP contribution in [0, 0.1) is 5.82 Å². The van der Waals surface area contributed by atoms with Crippen molar-refractivity contribution in [2.75, 3.05) is 11.1 Å². The van der Waals surface area contributed by atoms with Crippen molar-refractivity contribution in [3.05, 3.63) is 59.7 Å². The lowest BCUT2D eigenvalue weighted by atomic mass is 10.1. The Bertz CT molecular complexity index is 998. The third kappa shape index (κ3) is 3.40. The fourth-order valence-corrected chi connectivity index (χ4v) is 3.35. The molecule has 0 radical (unpaired) electrons. The Balaban J connectivity index is 1.66. The summed E-state index contributed by atoms with van der Waals surface area (Å²) in [6.07, 6.45) is 4.22. The molecule has 0 saturated heterocycles. The average Bonchev–Trinajstić information content (AvgIpc) is 2.92. The van der Waals surface area contributed by atoms with Gasteiger partial charge in [-0.25, -0.2) is 4.39 Å². The van der Waals surface area contributed by atoms with E-state index in [9.17, 15) is 9.18 Å². The van der Waals surface area contributed by atoms with Gasteiger partial charge in [0.05, 0.1) is 11.3 Å². The second-order valence-corrected chi connectivity index (χ2v) is 6.64. The van der Waals surface area contributed by atoms with Crippen LogP contribution in [0.4, 0.5) is 15.8 Å². The Morgan fingerprint density at radius 2 is 1.96 bits per heavy atom. The number of aryl methyl sites for hydroxylation is 1. The lowest BCUT2D eigenvalue weighted by Crippen LogP contribution is -2.15. The summed E-state index contributed by atoms with van der Waals surface area (Å²) in [6, 6.07) is 11.3. The number of anilines is 2. The summed E-state index contributed by atoms with van der Waals surface area (Å²) >= 11 is 0. The SMILES string of the molecule is Nc1ccccc1C(=O)Nc1cc(-c2nnc3n2CCCCC3)ccc1F. The van der Waals surface area contributed by atoms with Gasteiger partial charge >= 0.3 is 0 Å². The van der Waals surface area contributed by atoms with E-state index in [1.165, 1.54) is 6.07 Å². The van der Waals surface area contributed by atoms with Crippen LogP contribution in [0.5, 0.6) is 0 Å². The van der Waals surface area contributed by atoms with Crippen LogP contribution in [0.15, 0.2) is 42.5 Å². The molecule has 0 atom stereocenters. The van der Waals surface area contributed by atoms with Crippen LogP contribution in [0.3, 0.4) is 0 Å². The number of carbonyl (C=O) groups is 1. The number of rotatable bonds is 3. The molecule has 3 aromatic rings. The fraction of sp³-hybridized carbons (Fsp3) is 0.250. The number of benzene rings is 2. The smallest absolute Gasteiger partial charge is 0.257 e. The molecule has 27 heavy (non-hydrogen) atoms. The summed E-state index contributed by atoms with van der Waals surface area (Å²) in [7, 11) is 0. The first-order chi connectivity index (χ1) is 13.1. The first-order valence-corrected chi connectivity index (χ1v) is 9.01. The van der Waals surface area contributed by atoms with Crippen LogP contribution in [-0.4, -0.2) is 20.7 Å². The van der Waals surface area contributed by atoms with E-state index in [0.29, 0.717) is 22.6 Å². The standard InChI is InChI=1S/C20H20FN5O/c21-15-10-9-13(19-25-24-18-8-2-1-5-11-26(18)19)12-17(15)23-20(27)14-6-3-4-7-16(14)22/h3-4,6-7,9-10,12H,1-2,5,8,11,22H2,(H,23,27). The molecule has 138 valence electrons. The molecule has 0 aliphatic carbocycles. The fourth-order valence-electron chi connectivity index (χ4n) is 3.35. The number of para-hydroxylation sites is 1. The summed E-state index contributed by atoms with van der Waals surface area (Å²) < 4.78 is 16.4. The van der Waals surface area contributed by atoms with Crippen molar-refractivity contribution in [1.82, 2.24) is 14.8 Å². The molecule has 0 spiro atoms. The van der Waals surface area contributed by atoms with E-state index in [1.54, 1.807) is 36.4 Å². The Hall–Kier alpha value is -3.22. The second-order valence-electron chi connectivity index (χ2n) is 6.64. The Kier molecular flexibility index (Phi) is 4.58. The highest BCUT2D eigenvalue weighted by Crippen LogP contribution is 2.27. The highest BCUT2D eigenvalue weighted by atomic mass is 19.1. The van der Waals surface area contributed by atoms with Crippen molar-refractivity contribution in [3.63, 3.8) is 0 Å². The van der Waals surface area contributed by atoms with Gasteiger partial charge in [0.2, 0.25) is 0 Å². The van der Waals surface area contributed by atoms with Crippen molar-refractivity contribution in [2.24, 2.45) is 0 Å². The first-order valence-electron chi connectivity index (χ1n) is 9.01. The quantitative estimate of drug-likeness (QED) is 0.694. The topological polar surface area (TPSA) is 85.8 Å². The number of carbonyl (C=O) groups excluding carboxylic acids is 1. The summed E-state index contributed by atoms with van der Waals surface area (Å²) in [6.45, 7) is 0.845. The molecule has 1 aliphatic heterocycles. The van der Waals surface area contributed by atoms with E-state index in [4.69, 9.17) is 5.73 Å². The molecule has 2 heterocycles. The Morgan fingerprint density at radius 1 is 1.11 bits per heavy atom. The zero-order valence-electron chi connectivity index (χ0n) is 14.8. The number of fused-ring (bicyclic) bond motifs is 1. The van der Waals surface area contributed by atoms with Crippen LogP contribution < -0.4 is 11.1 Å². The minimum atomic E-state index is -0.516. The molecule has 2 aromatic carbocycles. The van der Waals surface area contributed by atoms with Crippen molar-refractivity contribution in [1.29, 1.82) is 0 Å². The van der Waals surface area contributed by atoms with Crippen LogP contribution in [0.2, 0.25) is 0 Å². The molecule has 1 aromatic heterocycles. The van der Waals surface area contributed by atoms with Gasteiger partial charge in [-0.15, -0.1) is 10.2 Å².